The maximum atomic E-state index is 10.7. The molecule has 0 unspecified atom stereocenters. The molecule has 1 aromatic rings. The lowest BCUT2D eigenvalue weighted by Gasteiger charge is -2.12. The SMILES string of the molecule is COCCCOc1c(Cl)cc(C=O)cc1OC. The third-order valence-corrected chi connectivity index (χ3v) is 2.41. The zero-order valence-electron chi connectivity index (χ0n) is 9.86. The van der Waals surface area contributed by atoms with E-state index in [1.165, 1.54) is 7.11 Å². The fraction of sp³-hybridized carbons (Fsp3) is 0.417. The summed E-state index contributed by atoms with van der Waals surface area (Å²) < 4.78 is 15.5. The van der Waals surface area contributed by atoms with E-state index < -0.39 is 0 Å². The molecule has 0 atom stereocenters. The van der Waals surface area contributed by atoms with E-state index in [-0.39, 0.29) is 0 Å². The Bertz CT molecular complexity index is 379. The summed E-state index contributed by atoms with van der Waals surface area (Å²) in [4.78, 5) is 10.7. The van der Waals surface area contributed by atoms with Gasteiger partial charge < -0.3 is 14.2 Å². The molecule has 0 fully saturated rings. The smallest absolute Gasteiger partial charge is 0.179 e. The fourth-order valence-electron chi connectivity index (χ4n) is 1.33. The van der Waals surface area contributed by atoms with Crippen LogP contribution < -0.4 is 9.47 Å². The molecule has 1 rings (SSSR count). The number of carbonyl (C=O) groups is 1. The molecule has 0 aromatic heterocycles. The van der Waals surface area contributed by atoms with Crippen LogP contribution in [0.3, 0.4) is 0 Å². The molecular weight excluding hydrogens is 244 g/mol. The summed E-state index contributed by atoms with van der Waals surface area (Å²) >= 11 is 6.01. The van der Waals surface area contributed by atoms with Crippen LogP contribution in [0.25, 0.3) is 0 Å². The maximum Gasteiger partial charge on any atom is 0.179 e. The van der Waals surface area contributed by atoms with E-state index in [0.717, 1.165) is 6.42 Å². The highest BCUT2D eigenvalue weighted by atomic mass is 35.5. The van der Waals surface area contributed by atoms with Crippen molar-refractivity contribution in [1.29, 1.82) is 0 Å². The summed E-state index contributed by atoms with van der Waals surface area (Å²) in [7, 11) is 3.13. The van der Waals surface area contributed by atoms with Crippen LogP contribution in [0.5, 0.6) is 11.5 Å². The van der Waals surface area contributed by atoms with Gasteiger partial charge >= 0.3 is 0 Å². The third-order valence-electron chi connectivity index (χ3n) is 2.13. The molecule has 94 valence electrons. The highest BCUT2D eigenvalue weighted by molar-refractivity contribution is 6.32. The van der Waals surface area contributed by atoms with Gasteiger partial charge in [-0.2, -0.15) is 0 Å². The fourth-order valence-corrected chi connectivity index (χ4v) is 1.60. The number of hydrogen-bond donors (Lipinski definition) is 0. The van der Waals surface area contributed by atoms with E-state index in [9.17, 15) is 4.79 Å². The largest absolute Gasteiger partial charge is 0.493 e. The predicted octanol–water partition coefficient (Wildman–Crippen LogP) is 2.58. The summed E-state index contributed by atoms with van der Waals surface area (Å²) in [6.45, 7) is 1.09. The monoisotopic (exact) mass is 258 g/mol. The second-order valence-corrected chi connectivity index (χ2v) is 3.75. The number of aldehydes is 1. The molecule has 0 aliphatic heterocycles. The molecule has 0 bridgehead atoms. The van der Waals surface area contributed by atoms with Crippen molar-refractivity contribution in [2.75, 3.05) is 27.4 Å². The van der Waals surface area contributed by atoms with Crippen LogP contribution in [0.2, 0.25) is 5.02 Å². The average Bonchev–Trinajstić information content (AvgIpc) is 2.35. The number of halogens is 1. The first-order valence-corrected chi connectivity index (χ1v) is 5.55. The Kier molecular flexibility index (Phi) is 5.80. The number of rotatable bonds is 7. The van der Waals surface area contributed by atoms with Crippen LogP contribution in [0.15, 0.2) is 12.1 Å². The van der Waals surface area contributed by atoms with Crippen molar-refractivity contribution in [2.24, 2.45) is 0 Å². The van der Waals surface area contributed by atoms with Crippen molar-refractivity contribution in [3.63, 3.8) is 0 Å². The second-order valence-electron chi connectivity index (χ2n) is 3.35. The van der Waals surface area contributed by atoms with Crippen LogP contribution in [0, 0.1) is 0 Å². The molecule has 17 heavy (non-hydrogen) atoms. The van der Waals surface area contributed by atoms with E-state index in [2.05, 4.69) is 0 Å². The van der Waals surface area contributed by atoms with Crippen LogP contribution in [-0.2, 0) is 4.74 Å². The quantitative estimate of drug-likeness (QED) is 0.557. The van der Waals surface area contributed by atoms with E-state index in [1.807, 2.05) is 0 Å². The van der Waals surface area contributed by atoms with E-state index in [1.54, 1.807) is 19.2 Å². The molecule has 0 spiro atoms. The first-order valence-electron chi connectivity index (χ1n) is 5.17. The number of methoxy groups -OCH3 is 2. The van der Waals surface area contributed by atoms with Gasteiger partial charge in [-0.05, 0) is 12.1 Å². The van der Waals surface area contributed by atoms with Gasteiger partial charge in [-0.1, -0.05) is 11.6 Å². The van der Waals surface area contributed by atoms with Crippen molar-refractivity contribution in [1.82, 2.24) is 0 Å². The molecule has 0 aliphatic rings. The highest BCUT2D eigenvalue weighted by Gasteiger charge is 2.11. The molecule has 0 radical (unpaired) electrons. The van der Waals surface area contributed by atoms with Crippen molar-refractivity contribution in [2.45, 2.75) is 6.42 Å². The minimum Gasteiger partial charge on any atom is -0.493 e. The van der Waals surface area contributed by atoms with Crippen molar-refractivity contribution in [3.8, 4) is 11.5 Å². The molecule has 0 amide bonds. The van der Waals surface area contributed by atoms with Gasteiger partial charge in [0.25, 0.3) is 0 Å². The van der Waals surface area contributed by atoms with Gasteiger partial charge in [-0.3, -0.25) is 4.79 Å². The molecular formula is C12H15ClO4. The van der Waals surface area contributed by atoms with Gasteiger partial charge in [-0.15, -0.1) is 0 Å². The molecule has 5 heteroatoms. The highest BCUT2D eigenvalue weighted by Crippen LogP contribution is 2.36. The Morgan fingerprint density at radius 3 is 2.65 bits per heavy atom. The van der Waals surface area contributed by atoms with Gasteiger partial charge in [0.15, 0.2) is 11.5 Å². The molecule has 0 heterocycles. The van der Waals surface area contributed by atoms with Gasteiger partial charge in [0.2, 0.25) is 0 Å². The van der Waals surface area contributed by atoms with Crippen LogP contribution in [0.1, 0.15) is 16.8 Å². The molecule has 0 saturated heterocycles. The number of hydrogen-bond acceptors (Lipinski definition) is 4. The Hall–Kier alpha value is -1.26. The van der Waals surface area contributed by atoms with Crippen molar-refractivity contribution in [3.05, 3.63) is 22.7 Å². The zero-order valence-corrected chi connectivity index (χ0v) is 10.6. The van der Waals surface area contributed by atoms with E-state index in [0.29, 0.717) is 41.6 Å². The Morgan fingerprint density at radius 1 is 1.29 bits per heavy atom. The lowest BCUT2D eigenvalue weighted by molar-refractivity contribution is 0.112. The number of carbonyl (C=O) groups excluding carboxylic acids is 1. The minimum atomic E-state index is 0.365. The van der Waals surface area contributed by atoms with Gasteiger partial charge in [0.05, 0.1) is 18.7 Å². The molecule has 1 aromatic carbocycles. The summed E-state index contributed by atoms with van der Waals surface area (Å²) in [5, 5.41) is 0.365. The van der Waals surface area contributed by atoms with Crippen molar-refractivity contribution >= 4 is 17.9 Å². The topological polar surface area (TPSA) is 44.8 Å². The summed E-state index contributed by atoms with van der Waals surface area (Å²) in [6, 6.07) is 3.13. The normalized spacial score (nSPS) is 10.1. The number of ether oxygens (including phenoxy) is 3. The Balaban J connectivity index is 2.79. The van der Waals surface area contributed by atoms with E-state index >= 15 is 0 Å². The number of benzene rings is 1. The van der Waals surface area contributed by atoms with Crippen LogP contribution in [-0.4, -0.2) is 33.7 Å². The summed E-state index contributed by atoms with van der Waals surface area (Å²) in [5.41, 5.74) is 0.455. The minimum absolute atomic E-state index is 0.365. The lowest BCUT2D eigenvalue weighted by atomic mass is 10.2. The average molecular weight is 259 g/mol. The summed E-state index contributed by atoms with van der Waals surface area (Å²) in [5.74, 6) is 0.910. The molecule has 0 saturated carbocycles. The van der Waals surface area contributed by atoms with Crippen molar-refractivity contribution < 1.29 is 19.0 Å². The third kappa shape index (κ3) is 3.91. The molecule has 0 aliphatic carbocycles. The first-order chi connectivity index (χ1) is 8.22. The zero-order chi connectivity index (χ0) is 12.7. The molecule has 4 nitrogen and oxygen atoms in total. The first kappa shape index (κ1) is 13.8. The lowest BCUT2D eigenvalue weighted by Crippen LogP contribution is -2.03. The van der Waals surface area contributed by atoms with E-state index in [4.69, 9.17) is 25.8 Å². The predicted molar refractivity (Wildman–Crippen MR) is 65.4 cm³/mol. The second kappa shape index (κ2) is 7.14. The Labute approximate surface area is 105 Å². The standard InChI is InChI=1S/C12H15ClO4/c1-15-4-3-5-17-12-10(13)6-9(8-14)7-11(12)16-2/h6-8H,3-5H2,1-2H3. The van der Waals surface area contributed by atoms with Gasteiger partial charge in [-0.25, -0.2) is 0 Å². The Morgan fingerprint density at radius 2 is 2.06 bits per heavy atom. The summed E-state index contributed by atoms with van der Waals surface area (Å²) in [6.07, 6.45) is 1.47. The van der Waals surface area contributed by atoms with Gasteiger partial charge in [0, 0.05) is 25.7 Å². The van der Waals surface area contributed by atoms with Crippen LogP contribution in [0.4, 0.5) is 0 Å². The maximum absolute atomic E-state index is 10.7. The van der Waals surface area contributed by atoms with Gasteiger partial charge in [0.1, 0.15) is 6.29 Å². The van der Waals surface area contributed by atoms with Crippen LogP contribution >= 0.6 is 11.6 Å². The molecule has 0 N–H and O–H groups in total.